The van der Waals surface area contributed by atoms with Crippen LogP contribution in [0.4, 0.5) is 4.79 Å². The van der Waals surface area contributed by atoms with Gasteiger partial charge in [0.2, 0.25) is 0 Å². The van der Waals surface area contributed by atoms with Crippen molar-refractivity contribution in [1.82, 2.24) is 15.2 Å². The zero-order chi connectivity index (χ0) is 30.6. The Hall–Kier alpha value is -3.37. The summed E-state index contributed by atoms with van der Waals surface area (Å²) in [6, 6.07) is 17.6. The summed E-state index contributed by atoms with van der Waals surface area (Å²) in [5.41, 5.74) is 5.04. The number of aliphatic hydroxyl groups is 1. The van der Waals surface area contributed by atoms with E-state index in [-0.39, 0.29) is 30.5 Å². The molecule has 0 bridgehead atoms. The average molecular weight is 635 g/mol. The monoisotopic (exact) mass is 633 g/mol. The van der Waals surface area contributed by atoms with Crippen LogP contribution in [-0.2, 0) is 0 Å². The number of rotatable bonds is 10. The lowest BCUT2D eigenvalue weighted by atomic mass is 9.93. The number of carbonyl (C=O) groups is 2. The molecule has 9 nitrogen and oxygen atoms in total. The Balaban J connectivity index is 0.00000121. The third kappa shape index (κ3) is 11.3. The molecule has 1 aliphatic carbocycles. The number of aliphatic hydroxyl groups excluding tert-OH is 1. The van der Waals surface area contributed by atoms with Gasteiger partial charge in [0.25, 0.3) is 5.91 Å². The molecule has 1 saturated carbocycles. The predicted molar refractivity (Wildman–Crippen MR) is 172 cm³/mol. The number of hydrogen-bond donors (Lipinski definition) is 4. The predicted octanol–water partition coefficient (Wildman–Crippen LogP) is 6.78. The maximum absolute atomic E-state index is 13.2. The second-order valence-electron chi connectivity index (χ2n) is 10.7. The minimum absolute atomic E-state index is 0. The number of halogens is 2. The SMILES string of the molecule is Cc1ccccc1-c1ccc(C(=O)NC2CCC(O)CC2)nc1-c1ccc(Cl)c(OCCCCN(C)C)c1.Cl.O=C(O)O. The molecule has 1 heterocycles. The molecule has 4 N–H and O–H groups in total. The summed E-state index contributed by atoms with van der Waals surface area (Å²) in [6.07, 6.45) is 2.83. The topological polar surface area (TPSA) is 132 Å². The summed E-state index contributed by atoms with van der Waals surface area (Å²) in [6.45, 7) is 3.66. The molecule has 0 atom stereocenters. The Morgan fingerprint density at radius 1 is 1.00 bits per heavy atom. The summed E-state index contributed by atoms with van der Waals surface area (Å²) in [5.74, 6) is 0.414. The molecule has 3 aromatic rings. The highest BCUT2D eigenvalue weighted by Gasteiger charge is 2.23. The van der Waals surface area contributed by atoms with E-state index < -0.39 is 6.16 Å². The minimum Gasteiger partial charge on any atom is -0.492 e. The van der Waals surface area contributed by atoms with Gasteiger partial charge in [-0.2, -0.15) is 0 Å². The van der Waals surface area contributed by atoms with Crippen molar-refractivity contribution in [2.24, 2.45) is 0 Å². The zero-order valence-electron chi connectivity index (χ0n) is 24.8. The molecule has 1 fully saturated rings. The first-order chi connectivity index (χ1) is 20.0. The Morgan fingerprint density at radius 3 is 2.33 bits per heavy atom. The van der Waals surface area contributed by atoms with E-state index in [9.17, 15) is 9.90 Å². The maximum Gasteiger partial charge on any atom is 0.503 e. The van der Waals surface area contributed by atoms with Gasteiger partial charge >= 0.3 is 6.16 Å². The molecule has 234 valence electrons. The maximum atomic E-state index is 13.2. The van der Waals surface area contributed by atoms with Crippen molar-refractivity contribution >= 4 is 36.1 Å². The number of hydrogen-bond acceptors (Lipinski definition) is 6. The second-order valence-corrected chi connectivity index (χ2v) is 11.1. The fraction of sp³-hybridized carbons (Fsp3) is 0.406. The molecule has 1 amide bonds. The Bertz CT molecular complexity index is 1340. The van der Waals surface area contributed by atoms with Crippen LogP contribution in [0.25, 0.3) is 22.4 Å². The number of amides is 1. The van der Waals surface area contributed by atoms with Gasteiger partial charge in [0.05, 0.1) is 23.4 Å². The van der Waals surface area contributed by atoms with Gasteiger partial charge < -0.3 is 30.3 Å². The largest absolute Gasteiger partial charge is 0.503 e. The lowest BCUT2D eigenvalue weighted by Gasteiger charge is -2.26. The van der Waals surface area contributed by atoms with E-state index in [1.807, 2.05) is 36.4 Å². The highest BCUT2D eigenvalue weighted by atomic mass is 35.5. The lowest BCUT2D eigenvalue weighted by Crippen LogP contribution is -2.38. The number of carboxylic acid groups (broad SMARTS) is 2. The third-order valence-electron chi connectivity index (χ3n) is 7.06. The summed E-state index contributed by atoms with van der Waals surface area (Å²) < 4.78 is 6.06. The molecule has 2 aromatic carbocycles. The summed E-state index contributed by atoms with van der Waals surface area (Å²) in [4.78, 5) is 28.8. The van der Waals surface area contributed by atoms with Gasteiger partial charge in [-0.15, -0.1) is 12.4 Å². The molecule has 0 saturated heterocycles. The van der Waals surface area contributed by atoms with Crippen LogP contribution in [-0.4, -0.2) is 76.7 Å². The van der Waals surface area contributed by atoms with Gasteiger partial charge in [0.1, 0.15) is 11.4 Å². The number of aryl methyl sites for hydroxylation is 1. The van der Waals surface area contributed by atoms with Gasteiger partial charge in [-0.3, -0.25) is 4.79 Å². The van der Waals surface area contributed by atoms with Crippen LogP contribution >= 0.6 is 24.0 Å². The van der Waals surface area contributed by atoms with Crippen molar-refractivity contribution in [2.45, 2.75) is 57.6 Å². The van der Waals surface area contributed by atoms with Crippen LogP contribution in [0.5, 0.6) is 5.75 Å². The van der Waals surface area contributed by atoms with Gasteiger partial charge in [-0.25, -0.2) is 9.78 Å². The van der Waals surface area contributed by atoms with Crippen molar-refractivity contribution in [3.63, 3.8) is 0 Å². The summed E-state index contributed by atoms with van der Waals surface area (Å²) >= 11 is 6.49. The molecule has 11 heteroatoms. The molecule has 0 aliphatic heterocycles. The number of aromatic nitrogens is 1. The van der Waals surface area contributed by atoms with Gasteiger partial charge in [0.15, 0.2) is 0 Å². The van der Waals surface area contributed by atoms with E-state index in [0.29, 0.717) is 41.6 Å². The van der Waals surface area contributed by atoms with Crippen molar-refractivity contribution < 1.29 is 29.6 Å². The fourth-order valence-electron chi connectivity index (χ4n) is 4.85. The molecular formula is C32H41Cl2N3O6. The summed E-state index contributed by atoms with van der Waals surface area (Å²) in [7, 11) is 4.13. The van der Waals surface area contributed by atoms with Crippen LogP contribution in [0.1, 0.15) is 54.6 Å². The lowest BCUT2D eigenvalue weighted by molar-refractivity contribution is 0.0863. The van der Waals surface area contributed by atoms with Crippen molar-refractivity contribution in [2.75, 3.05) is 27.2 Å². The first-order valence-electron chi connectivity index (χ1n) is 14.1. The fourth-order valence-corrected chi connectivity index (χ4v) is 5.02. The highest BCUT2D eigenvalue weighted by Crippen LogP contribution is 2.36. The molecule has 0 spiro atoms. The first kappa shape index (κ1) is 35.8. The molecule has 0 unspecified atom stereocenters. The van der Waals surface area contributed by atoms with Gasteiger partial charge in [0, 0.05) is 17.2 Å². The van der Waals surface area contributed by atoms with Gasteiger partial charge in [-0.05, 0) is 101 Å². The van der Waals surface area contributed by atoms with Crippen LogP contribution in [0.2, 0.25) is 5.02 Å². The van der Waals surface area contributed by atoms with Crippen molar-refractivity contribution in [3.05, 3.63) is 70.9 Å². The van der Waals surface area contributed by atoms with E-state index in [1.54, 1.807) is 6.07 Å². The zero-order valence-corrected chi connectivity index (χ0v) is 26.3. The van der Waals surface area contributed by atoms with E-state index >= 15 is 0 Å². The Kier molecular flexibility index (Phi) is 14.7. The molecule has 1 aliphatic rings. The summed E-state index contributed by atoms with van der Waals surface area (Å²) in [5, 5.41) is 27.4. The first-order valence-corrected chi connectivity index (χ1v) is 14.5. The molecular weight excluding hydrogens is 593 g/mol. The normalized spacial score (nSPS) is 16.0. The van der Waals surface area contributed by atoms with Crippen molar-refractivity contribution in [1.29, 1.82) is 0 Å². The quantitative estimate of drug-likeness (QED) is 0.180. The van der Waals surface area contributed by atoms with Crippen LogP contribution < -0.4 is 10.1 Å². The number of nitrogens with one attached hydrogen (secondary N) is 1. The number of benzene rings is 2. The molecule has 1 aromatic heterocycles. The van der Waals surface area contributed by atoms with Gasteiger partial charge in [-0.1, -0.05) is 41.9 Å². The smallest absolute Gasteiger partial charge is 0.492 e. The highest BCUT2D eigenvalue weighted by molar-refractivity contribution is 6.32. The number of unbranched alkanes of at least 4 members (excludes halogenated alkanes) is 1. The number of ether oxygens (including phenoxy) is 1. The second kappa shape index (κ2) is 17.7. The Morgan fingerprint density at radius 2 is 1.67 bits per heavy atom. The molecule has 4 rings (SSSR count). The minimum atomic E-state index is -1.83. The number of pyridine rings is 1. The average Bonchev–Trinajstić information content (AvgIpc) is 2.94. The van der Waals surface area contributed by atoms with Crippen molar-refractivity contribution in [3.8, 4) is 28.1 Å². The van der Waals surface area contributed by atoms with E-state index in [2.05, 4.69) is 43.4 Å². The van der Waals surface area contributed by atoms with E-state index in [0.717, 1.165) is 54.5 Å². The Labute approximate surface area is 264 Å². The third-order valence-corrected chi connectivity index (χ3v) is 7.37. The number of nitrogens with zero attached hydrogens (tertiary/aromatic N) is 2. The van der Waals surface area contributed by atoms with Crippen LogP contribution in [0.3, 0.4) is 0 Å². The molecule has 43 heavy (non-hydrogen) atoms. The standard InChI is InChI=1S/C31H38ClN3O3.CH2O3.ClH/c1-21-8-4-5-9-25(21)26-15-17-28(31(37)33-23-11-13-24(36)14-12-23)34-30(26)22-10-16-27(32)29(20-22)38-19-7-6-18-35(2)3;2-1(3)4;/h4-5,8-10,15-17,20,23-24,36H,6-7,11-14,18-19H2,1-3H3,(H,33,37);(H2,2,3,4);1H. The number of carbonyl (C=O) groups excluding carboxylic acids is 1. The van der Waals surface area contributed by atoms with Crippen LogP contribution in [0, 0.1) is 6.92 Å². The van der Waals surface area contributed by atoms with Crippen LogP contribution in [0.15, 0.2) is 54.6 Å². The van der Waals surface area contributed by atoms with E-state index in [4.69, 9.17) is 36.3 Å². The van der Waals surface area contributed by atoms with E-state index in [1.165, 1.54) is 0 Å². The molecule has 0 radical (unpaired) electrons.